The van der Waals surface area contributed by atoms with Crippen LogP contribution in [-0.2, 0) is 20.9 Å². The van der Waals surface area contributed by atoms with Crippen LogP contribution in [0, 0.1) is 12.3 Å². The van der Waals surface area contributed by atoms with E-state index in [0.29, 0.717) is 36.9 Å². The number of carbonyl (C=O) groups excluding carboxylic acids is 1. The van der Waals surface area contributed by atoms with Gasteiger partial charge in [-0.1, -0.05) is 61.7 Å². The maximum Gasteiger partial charge on any atom is 0.207 e. The standard InChI is InChI=1S/C23H29N5O2.C9H11NO/c1-5-7-18(6-2)15-29-10-11-30-16-21-23(19(14-24)13-22(25-4)28-21)27-20-8-9-26-17(3)12-20;1-8(10-7-11)9-5-3-2-4-6-9/h5-9,12-14,24H,1-2,10-11,15-16H2,3-4H3,(H,25,28)(H,26,27);2-8H,1H3,(H,10,11)/b18-7+,24-14?;. The molecular formula is C32H40N6O3. The zero-order valence-electron chi connectivity index (χ0n) is 24.0. The fraction of sp³-hybridized carbons (Fsp3) is 0.250. The zero-order chi connectivity index (χ0) is 29.9. The molecule has 1 amide bonds. The van der Waals surface area contributed by atoms with Crippen molar-refractivity contribution in [1.29, 1.82) is 5.41 Å². The number of hydrogen-bond acceptors (Lipinski definition) is 8. The summed E-state index contributed by atoms with van der Waals surface area (Å²) in [6, 6.07) is 15.6. The summed E-state index contributed by atoms with van der Waals surface area (Å²) in [7, 11) is 1.79. The topological polar surface area (TPSA) is 121 Å². The summed E-state index contributed by atoms with van der Waals surface area (Å²) in [5, 5.41) is 16.9. The van der Waals surface area contributed by atoms with Crippen LogP contribution in [0.2, 0.25) is 0 Å². The van der Waals surface area contributed by atoms with Gasteiger partial charge in [0.2, 0.25) is 6.41 Å². The number of nitrogens with one attached hydrogen (secondary N) is 4. The van der Waals surface area contributed by atoms with Crippen molar-refractivity contribution in [3.05, 3.63) is 114 Å². The van der Waals surface area contributed by atoms with Crippen molar-refractivity contribution in [2.75, 3.05) is 37.5 Å². The summed E-state index contributed by atoms with van der Waals surface area (Å²) in [6.45, 7) is 12.9. The number of benzene rings is 1. The second-order valence-electron chi connectivity index (χ2n) is 8.83. The second-order valence-corrected chi connectivity index (χ2v) is 8.83. The van der Waals surface area contributed by atoms with E-state index in [9.17, 15) is 4.79 Å². The highest BCUT2D eigenvalue weighted by Gasteiger charge is 2.13. The minimum absolute atomic E-state index is 0.105. The quantitative estimate of drug-likeness (QED) is 0.0751. The summed E-state index contributed by atoms with van der Waals surface area (Å²) < 4.78 is 11.4. The Morgan fingerprint density at radius 1 is 1.12 bits per heavy atom. The van der Waals surface area contributed by atoms with Crippen LogP contribution in [0.5, 0.6) is 0 Å². The number of aryl methyl sites for hydroxylation is 1. The first kappa shape index (κ1) is 32.6. The molecule has 216 valence electrons. The van der Waals surface area contributed by atoms with Crippen molar-refractivity contribution in [3.8, 4) is 0 Å². The molecule has 41 heavy (non-hydrogen) atoms. The Kier molecular flexibility index (Phi) is 14.8. The van der Waals surface area contributed by atoms with Gasteiger partial charge in [-0.3, -0.25) is 9.78 Å². The third-order valence-corrected chi connectivity index (χ3v) is 5.79. The van der Waals surface area contributed by atoms with E-state index in [4.69, 9.17) is 14.9 Å². The Bertz CT molecular complexity index is 1290. The van der Waals surface area contributed by atoms with E-state index in [1.54, 1.807) is 25.4 Å². The number of anilines is 3. The molecule has 0 aliphatic rings. The highest BCUT2D eigenvalue weighted by molar-refractivity contribution is 5.89. The first-order chi connectivity index (χ1) is 19.9. The summed E-state index contributed by atoms with van der Waals surface area (Å²) in [5.41, 5.74) is 6.01. The Morgan fingerprint density at radius 2 is 1.88 bits per heavy atom. The summed E-state index contributed by atoms with van der Waals surface area (Å²) in [6.07, 6.45) is 9.07. The van der Waals surface area contributed by atoms with E-state index < -0.39 is 0 Å². The second kappa shape index (κ2) is 18.6. The average molecular weight is 557 g/mol. The molecule has 9 nitrogen and oxygen atoms in total. The van der Waals surface area contributed by atoms with E-state index in [-0.39, 0.29) is 12.6 Å². The van der Waals surface area contributed by atoms with Crippen LogP contribution in [-0.4, -0.2) is 49.5 Å². The van der Waals surface area contributed by atoms with Crippen LogP contribution < -0.4 is 16.0 Å². The van der Waals surface area contributed by atoms with Crippen LogP contribution >= 0.6 is 0 Å². The van der Waals surface area contributed by atoms with Crippen LogP contribution in [0.4, 0.5) is 17.2 Å². The fourth-order valence-corrected chi connectivity index (χ4v) is 3.62. The maximum atomic E-state index is 10.1. The smallest absolute Gasteiger partial charge is 0.207 e. The lowest BCUT2D eigenvalue weighted by Gasteiger charge is -2.16. The molecule has 3 rings (SSSR count). The number of nitrogens with zero attached hydrogens (tertiary/aromatic N) is 2. The van der Waals surface area contributed by atoms with Gasteiger partial charge in [-0.25, -0.2) is 4.98 Å². The van der Waals surface area contributed by atoms with Crippen molar-refractivity contribution in [2.45, 2.75) is 26.5 Å². The van der Waals surface area contributed by atoms with Crippen LogP contribution in [0.3, 0.4) is 0 Å². The van der Waals surface area contributed by atoms with Crippen LogP contribution in [0.15, 0.2) is 91.7 Å². The molecule has 0 saturated heterocycles. The van der Waals surface area contributed by atoms with Gasteiger partial charge >= 0.3 is 0 Å². The molecule has 0 spiro atoms. The molecule has 0 radical (unpaired) electrons. The molecule has 1 aromatic carbocycles. The number of carbonyl (C=O) groups is 1. The maximum absolute atomic E-state index is 10.1. The van der Waals surface area contributed by atoms with Crippen molar-refractivity contribution in [3.63, 3.8) is 0 Å². The predicted molar refractivity (Wildman–Crippen MR) is 167 cm³/mol. The van der Waals surface area contributed by atoms with Gasteiger partial charge in [0.25, 0.3) is 0 Å². The molecule has 0 aliphatic heterocycles. The minimum atomic E-state index is 0.105. The monoisotopic (exact) mass is 556 g/mol. The van der Waals surface area contributed by atoms with Gasteiger partial charge in [0.1, 0.15) is 5.82 Å². The van der Waals surface area contributed by atoms with Gasteiger partial charge in [-0.2, -0.15) is 0 Å². The van der Waals surface area contributed by atoms with Crippen molar-refractivity contribution in [1.82, 2.24) is 15.3 Å². The predicted octanol–water partition coefficient (Wildman–Crippen LogP) is 5.89. The molecule has 4 N–H and O–H groups in total. The molecule has 0 fully saturated rings. The Labute approximate surface area is 242 Å². The molecule has 0 bridgehead atoms. The molecule has 2 aromatic heterocycles. The molecule has 1 unspecified atom stereocenters. The van der Waals surface area contributed by atoms with E-state index in [1.807, 2.05) is 68.5 Å². The first-order valence-corrected chi connectivity index (χ1v) is 13.2. The van der Waals surface area contributed by atoms with Crippen molar-refractivity contribution >= 4 is 29.8 Å². The van der Waals surface area contributed by atoms with Gasteiger partial charge in [0, 0.05) is 36.4 Å². The third kappa shape index (κ3) is 11.6. The van der Waals surface area contributed by atoms with Gasteiger partial charge in [-0.05, 0) is 43.2 Å². The lowest BCUT2D eigenvalue weighted by molar-refractivity contribution is -0.110. The number of rotatable bonds is 16. The van der Waals surface area contributed by atoms with Gasteiger partial charge in [0.05, 0.1) is 43.9 Å². The average Bonchev–Trinajstić information content (AvgIpc) is 2.99. The van der Waals surface area contributed by atoms with Crippen LogP contribution in [0.1, 0.15) is 35.5 Å². The minimum Gasteiger partial charge on any atom is -0.374 e. The summed E-state index contributed by atoms with van der Waals surface area (Å²) >= 11 is 0. The van der Waals surface area contributed by atoms with Gasteiger partial charge in [0.15, 0.2) is 0 Å². The molecular weight excluding hydrogens is 516 g/mol. The Morgan fingerprint density at radius 3 is 2.51 bits per heavy atom. The van der Waals surface area contributed by atoms with Gasteiger partial charge < -0.3 is 30.8 Å². The molecule has 0 saturated carbocycles. The largest absolute Gasteiger partial charge is 0.374 e. The SMILES string of the molecule is C=C/C=C(\C=C)COCCOCc1nc(NC)cc(C=N)c1Nc1ccnc(C)c1.CC(NC=O)c1ccccc1. The van der Waals surface area contributed by atoms with E-state index in [1.165, 1.54) is 6.21 Å². The molecule has 1 atom stereocenters. The first-order valence-electron chi connectivity index (χ1n) is 13.2. The number of pyridine rings is 2. The fourth-order valence-electron chi connectivity index (χ4n) is 3.62. The van der Waals surface area contributed by atoms with E-state index >= 15 is 0 Å². The van der Waals surface area contributed by atoms with E-state index in [0.717, 1.165) is 34.6 Å². The lowest BCUT2D eigenvalue weighted by atomic mass is 10.1. The number of amides is 1. The molecule has 2 heterocycles. The lowest BCUT2D eigenvalue weighted by Crippen LogP contribution is -2.15. The number of aromatic nitrogens is 2. The molecule has 3 aromatic rings. The summed E-state index contributed by atoms with van der Waals surface area (Å²) in [4.78, 5) is 18.9. The summed E-state index contributed by atoms with van der Waals surface area (Å²) in [5.74, 6) is 0.671. The molecule has 9 heteroatoms. The Hall–Kier alpha value is -4.60. The highest BCUT2D eigenvalue weighted by Crippen LogP contribution is 2.26. The van der Waals surface area contributed by atoms with Crippen LogP contribution in [0.25, 0.3) is 0 Å². The third-order valence-electron chi connectivity index (χ3n) is 5.79. The number of hydrogen-bond donors (Lipinski definition) is 4. The highest BCUT2D eigenvalue weighted by atomic mass is 16.5. The Balaban J connectivity index is 0.000000446. The number of allylic oxidation sites excluding steroid dienone is 2. The van der Waals surface area contributed by atoms with Crippen molar-refractivity contribution < 1.29 is 14.3 Å². The van der Waals surface area contributed by atoms with Gasteiger partial charge in [-0.15, -0.1) is 0 Å². The number of ether oxygens (including phenoxy) is 2. The normalized spacial score (nSPS) is 11.3. The van der Waals surface area contributed by atoms with E-state index in [2.05, 4.69) is 39.1 Å². The molecule has 0 aliphatic carbocycles. The zero-order valence-corrected chi connectivity index (χ0v) is 24.0. The van der Waals surface area contributed by atoms with Crippen molar-refractivity contribution in [2.24, 2.45) is 0 Å².